The molecule has 0 fully saturated rings. The van der Waals surface area contributed by atoms with Crippen molar-refractivity contribution in [2.45, 2.75) is 5.33 Å². The monoisotopic (exact) mass is 333 g/mol. The molecule has 0 radical (unpaired) electrons. The van der Waals surface area contributed by atoms with E-state index in [1.807, 2.05) is 12.1 Å². The van der Waals surface area contributed by atoms with Crippen LogP contribution in [0.5, 0.6) is 11.5 Å². The maximum atomic E-state index is 12.1. The summed E-state index contributed by atoms with van der Waals surface area (Å²) in [5, 5.41) is 3.61. The highest BCUT2D eigenvalue weighted by Crippen LogP contribution is 2.34. The molecule has 1 N–H and O–H groups in total. The Hall–Kier alpha value is -2.01. The molecule has 4 nitrogen and oxygen atoms in total. The number of halogens is 1. The summed E-state index contributed by atoms with van der Waals surface area (Å²) in [5.74, 6) is 1.20. The minimum Gasteiger partial charge on any atom is -0.454 e. The number of fused-ring (bicyclic) bond motifs is 1. The van der Waals surface area contributed by atoms with Crippen molar-refractivity contribution < 1.29 is 14.3 Å². The SMILES string of the molecule is O=C(Nc1ccc2c(c1)OCO2)c1ccc(CBr)cc1. The van der Waals surface area contributed by atoms with E-state index in [4.69, 9.17) is 9.47 Å². The standard InChI is InChI=1S/C15H12BrNO3/c16-8-10-1-3-11(4-2-10)15(18)17-12-5-6-13-14(7-12)20-9-19-13/h1-7H,8-9H2,(H,17,18). The van der Waals surface area contributed by atoms with Crippen LogP contribution in [0, 0.1) is 0 Å². The molecule has 0 unspecified atom stereocenters. The summed E-state index contributed by atoms with van der Waals surface area (Å²) in [7, 11) is 0. The lowest BCUT2D eigenvalue weighted by Gasteiger charge is -2.06. The second-order valence-corrected chi connectivity index (χ2v) is 4.91. The average molecular weight is 334 g/mol. The average Bonchev–Trinajstić information content (AvgIpc) is 2.95. The molecule has 1 heterocycles. The minimum atomic E-state index is -0.148. The van der Waals surface area contributed by atoms with Gasteiger partial charge in [-0.25, -0.2) is 0 Å². The van der Waals surface area contributed by atoms with Crippen LogP contribution < -0.4 is 14.8 Å². The Morgan fingerprint density at radius 2 is 1.85 bits per heavy atom. The van der Waals surface area contributed by atoms with Gasteiger partial charge in [0.2, 0.25) is 6.79 Å². The van der Waals surface area contributed by atoms with E-state index in [0.717, 1.165) is 10.9 Å². The van der Waals surface area contributed by atoms with Gasteiger partial charge in [-0.3, -0.25) is 4.79 Å². The first-order valence-corrected chi connectivity index (χ1v) is 7.24. The van der Waals surface area contributed by atoms with Gasteiger partial charge in [-0.15, -0.1) is 0 Å². The van der Waals surface area contributed by atoms with Crippen LogP contribution in [0.1, 0.15) is 15.9 Å². The first-order chi connectivity index (χ1) is 9.76. The first-order valence-electron chi connectivity index (χ1n) is 6.12. The number of hydrogen-bond acceptors (Lipinski definition) is 3. The van der Waals surface area contributed by atoms with Gasteiger partial charge in [0.1, 0.15) is 0 Å². The van der Waals surface area contributed by atoms with Crippen LogP contribution in [0.3, 0.4) is 0 Å². The number of hydrogen-bond donors (Lipinski definition) is 1. The molecule has 0 aromatic heterocycles. The maximum Gasteiger partial charge on any atom is 0.255 e. The Balaban J connectivity index is 1.75. The summed E-state index contributed by atoms with van der Waals surface area (Å²) in [4.78, 5) is 12.1. The Labute approximate surface area is 124 Å². The molecule has 0 aliphatic carbocycles. The van der Waals surface area contributed by atoms with E-state index in [9.17, 15) is 4.79 Å². The summed E-state index contributed by atoms with van der Waals surface area (Å²) >= 11 is 3.38. The molecular weight excluding hydrogens is 322 g/mol. The second-order valence-electron chi connectivity index (χ2n) is 4.35. The lowest BCUT2D eigenvalue weighted by molar-refractivity contribution is 0.102. The Morgan fingerprint density at radius 1 is 1.10 bits per heavy atom. The molecule has 0 spiro atoms. The van der Waals surface area contributed by atoms with Crippen molar-refractivity contribution in [1.82, 2.24) is 0 Å². The van der Waals surface area contributed by atoms with Crippen LogP contribution in [0.4, 0.5) is 5.69 Å². The van der Waals surface area contributed by atoms with Crippen LogP contribution in [0.15, 0.2) is 42.5 Å². The maximum absolute atomic E-state index is 12.1. The van der Waals surface area contributed by atoms with Crippen molar-refractivity contribution in [3.63, 3.8) is 0 Å². The van der Waals surface area contributed by atoms with Gasteiger partial charge in [-0.2, -0.15) is 0 Å². The van der Waals surface area contributed by atoms with Gasteiger partial charge in [-0.1, -0.05) is 28.1 Å². The highest BCUT2D eigenvalue weighted by Gasteiger charge is 2.14. The van der Waals surface area contributed by atoms with Gasteiger partial charge in [0.25, 0.3) is 5.91 Å². The normalized spacial score (nSPS) is 12.2. The van der Waals surface area contributed by atoms with Gasteiger partial charge >= 0.3 is 0 Å². The molecule has 1 amide bonds. The molecule has 0 saturated heterocycles. The van der Waals surface area contributed by atoms with Crippen LogP contribution >= 0.6 is 15.9 Å². The fraction of sp³-hybridized carbons (Fsp3) is 0.133. The predicted molar refractivity (Wildman–Crippen MR) is 79.6 cm³/mol. The molecule has 2 aromatic rings. The zero-order chi connectivity index (χ0) is 13.9. The van der Waals surface area contributed by atoms with Crippen molar-refractivity contribution in [2.75, 3.05) is 12.1 Å². The number of ether oxygens (including phenoxy) is 2. The highest BCUT2D eigenvalue weighted by atomic mass is 79.9. The number of carbonyl (C=O) groups is 1. The molecule has 102 valence electrons. The van der Waals surface area contributed by atoms with E-state index in [1.54, 1.807) is 30.3 Å². The summed E-state index contributed by atoms with van der Waals surface area (Å²) < 4.78 is 10.5. The van der Waals surface area contributed by atoms with Gasteiger partial charge in [0.15, 0.2) is 11.5 Å². The topological polar surface area (TPSA) is 47.6 Å². The molecule has 20 heavy (non-hydrogen) atoms. The Morgan fingerprint density at radius 3 is 2.60 bits per heavy atom. The van der Waals surface area contributed by atoms with E-state index in [2.05, 4.69) is 21.2 Å². The molecule has 1 aliphatic heterocycles. The zero-order valence-electron chi connectivity index (χ0n) is 10.6. The number of alkyl halides is 1. The number of carbonyl (C=O) groups excluding carboxylic acids is 1. The third-order valence-electron chi connectivity index (χ3n) is 3.00. The summed E-state index contributed by atoms with van der Waals surface area (Å²) in [6.07, 6.45) is 0. The third-order valence-corrected chi connectivity index (χ3v) is 3.65. The molecule has 0 atom stereocenters. The molecule has 5 heteroatoms. The Bertz CT molecular complexity index is 640. The minimum absolute atomic E-state index is 0.148. The molecule has 0 bridgehead atoms. The van der Waals surface area contributed by atoms with Crippen molar-refractivity contribution in [3.8, 4) is 11.5 Å². The second kappa shape index (κ2) is 5.54. The molecule has 0 saturated carbocycles. The Kier molecular flexibility index (Phi) is 3.60. The quantitative estimate of drug-likeness (QED) is 0.873. The van der Waals surface area contributed by atoms with E-state index in [1.165, 1.54) is 0 Å². The first kappa shape index (κ1) is 13.0. The van der Waals surface area contributed by atoms with Crippen LogP contribution in [0.25, 0.3) is 0 Å². The lowest BCUT2D eigenvalue weighted by Crippen LogP contribution is -2.11. The van der Waals surface area contributed by atoms with Crippen molar-refractivity contribution in [2.24, 2.45) is 0 Å². The third kappa shape index (κ3) is 2.63. The van der Waals surface area contributed by atoms with Crippen molar-refractivity contribution in [1.29, 1.82) is 0 Å². The number of rotatable bonds is 3. The molecule has 2 aromatic carbocycles. The van der Waals surface area contributed by atoms with Gasteiger partial charge in [0, 0.05) is 22.6 Å². The molecular formula is C15H12BrNO3. The van der Waals surface area contributed by atoms with Gasteiger partial charge in [-0.05, 0) is 29.8 Å². The fourth-order valence-electron chi connectivity index (χ4n) is 1.92. The fourth-order valence-corrected chi connectivity index (χ4v) is 2.30. The highest BCUT2D eigenvalue weighted by molar-refractivity contribution is 9.08. The van der Waals surface area contributed by atoms with Crippen molar-refractivity contribution >= 4 is 27.5 Å². The van der Waals surface area contributed by atoms with E-state index < -0.39 is 0 Å². The van der Waals surface area contributed by atoms with E-state index >= 15 is 0 Å². The van der Waals surface area contributed by atoms with Gasteiger partial charge in [0.05, 0.1) is 0 Å². The number of amides is 1. The predicted octanol–water partition coefficient (Wildman–Crippen LogP) is 3.56. The summed E-state index contributed by atoms with van der Waals surface area (Å²) in [5.41, 5.74) is 2.43. The molecule has 3 rings (SSSR count). The van der Waals surface area contributed by atoms with E-state index in [0.29, 0.717) is 22.7 Å². The summed E-state index contributed by atoms with van der Waals surface area (Å²) in [6, 6.07) is 12.8. The van der Waals surface area contributed by atoms with Crippen LogP contribution in [-0.2, 0) is 5.33 Å². The largest absolute Gasteiger partial charge is 0.454 e. The zero-order valence-corrected chi connectivity index (χ0v) is 12.1. The number of anilines is 1. The molecule has 1 aliphatic rings. The smallest absolute Gasteiger partial charge is 0.255 e. The van der Waals surface area contributed by atoms with Crippen LogP contribution in [0.2, 0.25) is 0 Å². The number of benzene rings is 2. The van der Waals surface area contributed by atoms with Gasteiger partial charge < -0.3 is 14.8 Å². The van der Waals surface area contributed by atoms with E-state index in [-0.39, 0.29) is 12.7 Å². The lowest BCUT2D eigenvalue weighted by atomic mass is 10.1. The van der Waals surface area contributed by atoms with Crippen molar-refractivity contribution in [3.05, 3.63) is 53.6 Å². The summed E-state index contributed by atoms with van der Waals surface area (Å²) in [6.45, 7) is 0.223. The number of nitrogens with one attached hydrogen (secondary N) is 1. The van der Waals surface area contributed by atoms with Crippen LogP contribution in [-0.4, -0.2) is 12.7 Å².